The van der Waals surface area contributed by atoms with Gasteiger partial charge in [0.2, 0.25) is 0 Å². The molecule has 0 aliphatic heterocycles. The first-order valence-corrected chi connectivity index (χ1v) is 23.6. The number of phosphoric ester groups is 1. The lowest BCUT2D eigenvalue weighted by Gasteiger charge is -2.20. The van der Waals surface area contributed by atoms with E-state index in [-0.39, 0.29) is 19.4 Å². The van der Waals surface area contributed by atoms with Crippen LogP contribution in [0.3, 0.4) is 0 Å². The molecule has 0 radical (unpaired) electrons. The minimum absolute atomic E-state index is 0.178. The van der Waals surface area contributed by atoms with E-state index < -0.39 is 51.8 Å². The molecule has 3 N–H and O–H groups in total. The zero-order valence-electron chi connectivity index (χ0n) is 34.7. The number of aliphatic hydroxyl groups is 2. The van der Waals surface area contributed by atoms with Crippen molar-refractivity contribution >= 4 is 19.8 Å². The monoisotopic (exact) mass is 791 g/mol. The molecule has 0 saturated heterocycles. The summed E-state index contributed by atoms with van der Waals surface area (Å²) < 4.78 is 32.7. The maximum atomic E-state index is 12.6. The summed E-state index contributed by atoms with van der Waals surface area (Å²) in [6.45, 7) is 2.37. The molecule has 0 saturated carbocycles. The van der Waals surface area contributed by atoms with Crippen molar-refractivity contribution in [3.63, 3.8) is 0 Å². The second-order valence-corrected chi connectivity index (χ2v) is 16.5. The van der Waals surface area contributed by atoms with E-state index in [0.29, 0.717) is 12.8 Å². The smallest absolute Gasteiger partial charge is 0.462 e. The number of aliphatic hydroxyl groups excluding tert-OH is 2. The number of ether oxygens (including phenoxy) is 2. The Kier molecular flexibility index (Phi) is 39.0. The van der Waals surface area contributed by atoms with Crippen molar-refractivity contribution in [2.45, 2.75) is 225 Å². The van der Waals surface area contributed by atoms with Crippen LogP contribution in [-0.2, 0) is 32.7 Å². The van der Waals surface area contributed by atoms with Gasteiger partial charge in [-0.05, 0) is 38.5 Å². The number of allylic oxidation sites excluding steroid dienone is 2. The van der Waals surface area contributed by atoms with Crippen LogP contribution in [0.1, 0.15) is 213 Å². The molecule has 0 spiro atoms. The maximum Gasteiger partial charge on any atom is 0.472 e. The van der Waals surface area contributed by atoms with E-state index in [1.54, 1.807) is 0 Å². The molecule has 0 aliphatic carbocycles. The molecule has 0 heterocycles. The van der Waals surface area contributed by atoms with Gasteiger partial charge >= 0.3 is 19.8 Å². The molecule has 1 unspecified atom stereocenters. The lowest BCUT2D eigenvalue weighted by molar-refractivity contribution is -0.161. The SMILES string of the molecule is CCCCC/C=C\CCCCCCCC(=O)O[C@H](COC(=O)CCCCCCCCCCCCCCCCCCCCC)COP(=O)(O)OC[C@@H](O)CO. The predicted molar refractivity (Wildman–Crippen MR) is 219 cm³/mol. The third-order valence-electron chi connectivity index (χ3n) is 9.67. The first kappa shape index (κ1) is 52.7. The Labute approximate surface area is 330 Å². The molecular formula is C43H83O10P. The summed E-state index contributed by atoms with van der Waals surface area (Å²) in [5.74, 6) is -0.925. The molecule has 0 amide bonds. The third kappa shape index (κ3) is 39.0. The molecule has 320 valence electrons. The molecule has 11 heteroatoms. The van der Waals surface area contributed by atoms with Crippen molar-refractivity contribution in [3.8, 4) is 0 Å². The van der Waals surface area contributed by atoms with Gasteiger partial charge < -0.3 is 24.6 Å². The number of esters is 2. The molecule has 0 aromatic carbocycles. The topological polar surface area (TPSA) is 149 Å². The molecular weight excluding hydrogens is 707 g/mol. The summed E-state index contributed by atoms with van der Waals surface area (Å²) in [5, 5.41) is 18.3. The van der Waals surface area contributed by atoms with Crippen molar-refractivity contribution in [2.24, 2.45) is 0 Å². The largest absolute Gasteiger partial charge is 0.472 e. The summed E-state index contributed by atoms with van der Waals surface area (Å²) >= 11 is 0. The van der Waals surface area contributed by atoms with Crippen molar-refractivity contribution < 1.29 is 47.8 Å². The summed E-state index contributed by atoms with van der Waals surface area (Å²) in [4.78, 5) is 34.9. The summed E-state index contributed by atoms with van der Waals surface area (Å²) in [7, 11) is -4.61. The standard InChI is InChI=1S/C43H83O10P/c1-3-5-7-9-11-13-15-17-18-19-20-21-22-23-25-26-28-30-32-34-42(46)50-38-41(39-52-54(48,49)51-37-40(45)36-44)53-43(47)35-33-31-29-27-24-16-14-12-10-8-6-4-2/h12,14,40-41,44-45H,3-11,13,15-39H2,1-2H3,(H,48,49)/b14-12-/t40-,41+/m0/s1. The van der Waals surface area contributed by atoms with Gasteiger partial charge in [0, 0.05) is 12.8 Å². The Morgan fingerprint density at radius 3 is 1.37 bits per heavy atom. The molecule has 0 aliphatic rings. The highest BCUT2D eigenvalue weighted by atomic mass is 31.2. The van der Waals surface area contributed by atoms with Crippen LogP contribution in [0.15, 0.2) is 12.2 Å². The highest BCUT2D eigenvalue weighted by Gasteiger charge is 2.27. The Morgan fingerprint density at radius 1 is 0.537 bits per heavy atom. The zero-order valence-corrected chi connectivity index (χ0v) is 35.6. The van der Waals surface area contributed by atoms with E-state index in [4.69, 9.17) is 19.1 Å². The first-order valence-electron chi connectivity index (χ1n) is 22.1. The zero-order chi connectivity index (χ0) is 39.8. The molecule has 3 atom stereocenters. The fourth-order valence-corrected chi connectivity index (χ4v) is 7.01. The first-order chi connectivity index (χ1) is 26.2. The highest BCUT2D eigenvalue weighted by Crippen LogP contribution is 2.43. The van der Waals surface area contributed by atoms with Crippen LogP contribution in [0.25, 0.3) is 0 Å². The molecule has 54 heavy (non-hydrogen) atoms. The van der Waals surface area contributed by atoms with Gasteiger partial charge in [0.15, 0.2) is 6.10 Å². The van der Waals surface area contributed by atoms with Crippen LogP contribution >= 0.6 is 7.82 Å². The van der Waals surface area contributed by atoms with Crippen molar-refractivity contribution in [1.29, 1.82) is 0 Å². The molecule has 0 rings (SSSR count). The number of rotatable bonds is 42. The molecule has 10 nitrogen and oxygen atoms in total. The fourth-order valence-electron chi connectivity index (χ4n) is 6.22. The number of carbonyl (C=O) groups is 2. The van der Waals surface area contributed by atoms with Gasteiger partial charge in [-0.2, -0.15) is 0 Å². The Morgan fingerprint density at radius 2 is 0.907 bits per heavy atom. The van der Waals surface area contributed by atoms with E-state index in [2.05, 4.69) is 30.5 Å². The molecule has 0 fully saturated rings. The van der Waals surface area contributed by atoms with Gasteiger partial charge in [0.25, 0.3) is 0 Å². The van der Waals surface area contributed by atoms with Crippen LogP contribution in [-0.4, -0.2) is 65.7 Å². The highest BCUT2D eigenvalue weighted by molar-refractivity contribution is 7.47. The number of hydrogen-bond acceptors (Lipinski definition) is 9. The lowest BCUT2D eigenvalue weighted by atomic mass is 10.0. The fraction of sp³-hybridized carbons (Fsp3) is 0.907. The molecule has 0 bridgehead atoms. The van der Waals surface area contributed by atoms with Gasteiger partial charge in [-0.1, -0.05) is 174 Å². The van der Waals surface area contributed by atoms with E-state index in [9.17, 15) is 24.2 Å². The minimum Gasteiger partial charge on any atom is -0.462 e. The maximum absolute atomic E-state index is 12.6. The predicted octanol–water partition coefficient (Wildman–Crippen LogP) is 11.6. The summed E-state index contributed by atoms with van der Waals surface area (Å²) in [5.41, 5.74) is 0. The Bertz CT molecular complexity index is 915. The van der Waals surface area contributed by atoms with Crippen LogP contribution < -0.4 is 0 Å². The summed E-state index contributed by atoms with van der Waals surface area (Å²) in [6.07, 6.45) is 37.5. The van der Waals surface area contributed by atoms with Crippen molar-refractivity contribution in [1.82, 2.24) is 0 Å². The van der Waals surface area contributed by atoms with Crippen LogP contribution in [0, 0.1) is 0 Å². The van der Waals surface area contributed by atoms with Gasteiger partial charge in [-0.15, -0.1) is 0 Å². The van der Waals surface area contributed by atoms with Crippen LogP contribution in [0.4, 0.5) is 0 Å². The van der Waals surface area contributed by atoms with Crippen LogP contribution in [0.5, 0.6) is 0 Å². The van der Waals surface area contributed by atoms with E-state index in [0.717, 1.165) is 57.8 Å². The number of carbonyl (C=O) groups excluding carboxylic acids is 2. The molecule has 0 aromatic heterocycles. The second-order valence-electron chi connectivity index (χ2n) is 15.1. The van der Waals surface area contributed by atoms with Gasteiger partial charge in [-0.25, -0.2) is 4.57 Å². The normalized spacial score (nSPS) is 13.9. The quantitative estimate of drug-likeness (QED) is 0.0236. The van der Waals surface area contributed by atoms with Crippen molar-refractivity contribution in [2.75, 3.05) is 26.4 Å². The Hall–Kier alpha value is -1.29. The number of hydrogen-bond donors (Lipinski definition) is 3. The number of unbranched alkanes of at least 4 members (excludes halogenated alkanes) is 26. The average Bonchev–Trinajstić information content (AvgIpc) is 3.16. The van der Waals surface area contributed by atoms with Crippen molar-refractivity contribution in [3.05, 3.63) is 12.2 Å². The van der Waals surface area contributed by atoms with Gasteiger partial charge in [-0.3, -0.25) is 18.6 Å². The van der Waals surface area contributed by atoms with Gasteiger partial charge in [0.1, 0.15) is 12.7 Å². The van der Waals surface area contributed by atoms with E-state index >= 15 is 0 Å². The second kappa shape index (κ2) is 39.9. The lowest BCUT2D eigenvalue weighted by Crippen LogP contribution is -2.29. The number of phosphoric acid groups is 1. The summed E-state index contributed by atoms with van der Waals surface area (Å²) in [6, 6.07) is 0. The Balaban J connectivity index is 4.20. The molecule has 0 aromatic rings. The van der Waals surface area contributed by atoms with E-state index in [1.165, 1.54) is 116 Å². The van der Waals surface area contributed by atoms with E-state index in [1.807, 2.05) is 0 Å². The average molecular weight is 791 g/mol. The van der Waals surface area contributed by atoms with Gasteiger partial charge in [0.05, 0.1) is 19.8 Å². The third-order valence-corrected chi connectivity index (χ3v) is 10.6. The van der Waals surface area contributed by atoms with Crippen LogP contribution in [0.2, 0.25) is 0 Å². The minimum atomic E-state index is -4.61.